The highest BCUT2D eigenvalue weighted by molar-refractivity contribution is 6.36. The summed E-state index contributed by atoms with van der Waals surface area (Å²) in [5, 5.41) is 17.2. The first-order chi connectivity index (χ1) is 7.06. The number of aliphatic hydroxyl groups excluding tert-OH is 1. The molecule has 1 saturated heterocycles. The zero-order valence-electron chi connectivity index (χ0n) is 9.03. The van der Waals surface area contributed by atoms with Gasteiger partial charge in [-0.1, -0.05) is 0 Å². The zero-order valence-corrected chi connectivity index (χ0v) is 9.03. The molecular formula is C10H17NO4. The Morgan fingerprint density at radius 3 is 2.93 bits per heavy atom. The van der Waals surface area contributed by atoms with E-state index in [-0.39, 0.29) is 25.0 Å². The maximum absolute atomic E-state index is 11.3. The second-order valence-electron chi connectivity index (χ2n) is 3.69. The zero-order chi connectivity index (χ0) is 11.4. The molecule has 1 aliphatic rings. The van der Waals surface area contributed by atoms with Crippen molar-refractivity contribution in [3.05, 3.63) is 0 Å². The first-order valence-corrected chi connectivity index (χ1v) is 5.11. The molecule has 5 heteroatoms. The molecule has 0 aliphatic carbocycles. The standard InChI is InChI=1S/C10H17NO4/c1-3-14-10(13)9(11)7-4-6(2)15-5-8(7)12/h6-8,11-12H,3-5H2,1-2H3. The number of carbonyl (C=O) groups excluding carboxylic acids is 1. The quantitative estimate of drug-likeness (QED) is 0.526. The molecule has 2 N–H and O–H groups in total. The molecule has 3 atom stereocenters. The minimum atomic E-state index is -0.780. The highest BCUT2D eigenvalue weighted by atomic mass is 16.5. The van der Waals surface area contributed by atoms with E-state index in [1.165, 1.54) is 0 Å². The van der Waals surface area contributed by atoms with E-state index in [0.717, 1.165) is 0 Å². The predicted octanol–water partition coefficient (Wildman–Crippen LogP) is 0.355. The second kappa shape index (κ2) is 5.23. The fourth-order valence-corrected chi connectivity index (χ4v) is 1.63. The first-order valence-electron chi connectivity index (χ1n) is 5.11. The Bertz CT molecular complexity index is 254. The van der Waals surface area contributed by atoms with Crippen molar-refractivity contribution in [1.29, 1.82) is 5.41 Å². The molecule has 3 unspecified atom stereocenters. The van der Waals surface area contributed by atoms with E-state index in [9.17, 15) is 9.90 Å². The molecule has 0 aromatic carbocycles. The van der Waals surface area contributed by atoms with Gasteiger partial charge in [0.1, 0.15) is 5.71 Å². The van der Waals surface area contributed by atoms with Gasteiger partial charge in [-0.3, -0.25) is 5.41 Å². The fraction of sp³-hybridized carbons (Fsp3) is 0.800. The van der Waals surface area contributed by atoms with Crippen LogP contribution in [0.3, 0.4) is 0 Å². The van der Waals surface area contributed by atoms with Crippen LogP contribution < -0.4 is 0 Å². The average molecular weight is 215 g/mol. The number of rotatable bonds is 3. The molecule has 0 amide bonds. The van der Waals surface area contributed by atoms with Crippen LogP contribution >= 0.6 is 0 Å². The molecule has 0 bridgehead atoms. The highest BCUT2D eigenvalue weighted by Gasteiger charge is 2.34. The van der Waals surface area contributed by atoms with Crippen LogP contribution in [0.25, 0.3) is 0 Å². The molecular weight excluding hydrogens is 198 g/mol. The topological polar surface area (TPSA) is 79.6 Å². The van der Waals surface area contributed by atoms with E-state index in [1.807, 2.05) is 6.92 Å². The second-order valence-corrected chi connectivity index (χ2v) is 3.69. The lowest BCUT2D eigenvalue weighted by Gasteiger charge is -2.31. The molecule has 1 heterocycles. The largest absolute Gasteiger partial charge is 0.462 e. The molecule has 0 aromatic rings. The maximum Gasteiger partial charge on any atom is 0.352 e. The van der Waals surface area contributed by atoms with Crippen molar-refractivity contribution in [3.63, 3.8) is 0 Å². The Morgan fingerprint density at radius 1 is 1.67 bits per heavy atom. The minimum absolute atomic E-state index is 0.0341. The molecule has 1 fully saturated rings. The van der Waals surface area contributed by atoms with Crippen LogP contribution in [0.5, 0.6) is 0 Å². The van der Waals surface area contributed by atoms with Crippen LogP contribution in [0.1, 0.15) is 20.3 Å². The summed E-state index contributed by atoms with van der Waals surface area (Å²) in [4.78, 5) is 11.3. The van der Waals surface area contributed by atoms with E-state index < -0.39 is 18.0 Å². The number of ether oxygens (including phenoxy) is 2. The lowest BCUT2D eigenvalue weighted by Crippen LogP contribution is -2.43. The fourth-order valence-electron chi connectivity index (χ4n) is 1.63. The van der Waals surface area contributed by atoms with Crippen LogP contribution in [0.15, 0.2) is 0 Å². The van der Waals surface area contributed by atoms with Crippen LogP contribution in [0, 0.1) is 11.3 Å². The smallest absolute Gasteiger partial charge is 0.352 e. The summed E-state index contributed by atoms with van der Waals surface area (Å²) in [6.07, 6.45) is -0.329. The van der Waals surface area contributed by atoms with Gasteiger partial charge in [0.2, 0.25) is 0 Å². The van der Waals surface area contributed by atoms with Gasteiger partial charge in [0.25, 0.3) is 0 Å². The third-order valence-corrected chi connectivity index (χ3v) is 2.47. The molecule has 1 aliphatic heterocycles. The van der Waals surface area contributed by atoms with Crippen molar-refractivity contribution < 1.29 is 19.4 Å². The molecule has 5 nitrogen and oxygen atoms in total. The molecule has 1 rings (SSSR count). The van der Waals surface area contributed by atoms with Gasteiger partial charge in [0, 0.05) is 5.92 Å². The van der Waals surface area contributed by atoms with Crippen molar-refractivity contribution in [2.75, 3.05) is 13.2 Å². The van der Waals surface area contributed by atoms with Gasteiger partial charge >= 0.3 is 5.97 Å². The van der Waals surface area contributed by atoms with E-state index in [2.05, 4.69) is 0 Å². The minimum Gasteiger partial charge on any atom is -0.462 e. The number of esters is 1. The van der Waals surface area contributed by atoms with Crippen molar-refractivity contribution in [2.24, 2.45) is 5.92 Å². The summed E-state index contributed by atoms with van der Waals surface area (Å²) in [5.41, 5.74) is -0.153. The van der Waals surface area contributed by atoms with Gasteiger partial charge < -0.3 is 14.6 Å². The third kappa shape index (κ3) is 3.00. The van der Waals surface area contributed by atoms with Gasteiger partial charge in [0.15, 0.2) is 0 Å². The molecule has 15 heavy (non-hydrogen) atoms. The monoisotopic (exact) mass is 215 g/mol. The van der Waals surface area contributed by atoms with E-state index in [4.69, 9.17) is 14.9 Å². The normalized spacial score (nSPS) is 31.0. The highest BCUT2D eigenvalue weighted by Crippen LogP contribution is 2.22. The Kier molecular flexibility index (Phi) is 4.23. The Morgan fingerprint density at radius 2 is 2.33 bits per heavy atom. The van der Waals surface area contributed by atoms with Crippen molar-refractivity contribution in [2.45, 2.75) is 32.5 Å². The predicted molar refractivity (Wildman–Crippen MR) is 53.9 cm³/mol. The van der Waals surface area contributed by atoms with Crippen molar-refractivity contribution in [1.82, 2.24) is 0 Å². The Balaban J connectivity index is 2.60. The lowest BCUT2D eigenvalue weighted by molar-refractivity contribution is -0.136. The summed E-state index contributed by atoms with van der Waals surface area (Å²) in [7, 11) is 0. The number of hydrogen-bond donors (Lipinski definition) is 2. The molecule has 0 spiro atoms. The summed E-state index contributed by atoms with van der Waals surface area (Å²) in [6.45, 7) is 3.97. The summed E-state index contributed by atoms with van der Waals surface area (Å²) < 4.78 is 9.94. The molecule has 0 saturated carbocycles. The van der Waals surface area contributed by atoms with E-state index in [1.54, 1.807) is 6.92 Å². The summed E-state index contributed by atoms with van der Waals surface area (Å²) in [5.74, 6) is -1.11. The first kappa shape index (κ1) is 12.1. The molecule has 86 valence electrons. The van der Waals surface area contributed by atoms with Gasteiger partial charge in [-0.15, -0.1) is 0 Å². The van der Waals surface area contributed by atoms with Crippen LogP contribution in [-0.4, -0.2) is 42.2 Å². The van der Waals surface area contributed by atoms with Crippen LogP contribution in [0.2, 0.25) is 0 Å². The number of aliphatic hydroxyl groups is 1. The number of carbonyl (C=O) groups is 1. The SMILES string of the molecule is CCOC(=O)C(=N)C1CC(C)OCC1O. The lowest BCUT2D eigenvalue weighted by atomic mass is 9.89. The average Bonchev–Trinajstić information content (AvgIpc) is 2.21. The van der Waals surface area contributed by atoms with E-state index >= 15 is 0 Å². The van der Waals surface area contributed by atoms with Gasteiger partial charge in [-0.25, -0.2) is 4.79 Å². The van der Waals surface area contributed by atoms with Gasteiger partial charge in [-0.2, -0.15) is 0 Å². The van der Waals surface area contributed by atoms with E-state index in [0.29, 0.717) is 6.42 Å². The molecule has 0 radical (unpaired) electrons. The number of hydrogen-bond acceptors (Lipinski definition) is 5. The third-order valence-electron chi connectivity index (χ3n) is 2.47. The number of nitrogens with one attached hydrogen (secondary N) is 1. The summed E-state index contributed by atoms with van der Waals surface area (Å²) in [6, 6.07) is 0. The van der Waals surface area contributed by atoms with Crippen LogP contribution in [-0.2, 0) is 14.3 Å². The van der Waals surface area contributed by atoms with Crippen molar-refractivity contribution >= 4 is 11.7 Å². The molecule has 0 aromatic heterocycles. The summed E-state index contributed by atoms with van der Waals surface area (Å²) >= 11 is 0. The van der Waals surface area contributed by atoms with Crippen LogP contribution in [0.4, 0.5) is 0 Å². The van der Waals surface area contributed by atoms with Gasteiger partial charge in [0.05, 0.1) is 25.4 Å². The van der Waals surface area contributed by atoms with Gasteiger partial charge in [-0.05, 0) is 20.3 Å². The Labute approximate surface area is 88.9 Å². The maximum atomic E-state index is 11.3. The van der Waals surface area contributed by atoms with Crippen molar-refractivity contribution in [3.8, 4) is 0 Å². The Hall–Kier alpha value is -0.940.